The SMILES string of the molecule is Oc1ccccc1-n1cc(-c2ccccc2F)nn1. The predicted molar refractivity (Wildman–Crippen MR) is 68.4 cm³/mol. The lowest BCUT2D eigenvalue weighted by atomic mass is 10.1. The number of halogens is 1. The molecule has 1 aromatic heterocycles. The summed E-state index contributed by atoms with van der Waals surface area (Å²) in [6.07, 6.45) is 1.58. The Morgan fingerprint density at radius 2 is 1.74 bits per heavy atom. The summed E-state index contributed by atoms with van der Waals surface area (Å²) < 4.78 is 15.1. The van der Waals surface area contributed by atoms with Gasteiger partial charge in [-0.15, -0.1) is 5.10 Å². The predicted octanol–water partition coefficient (Wildman–Crippen LogP) is 2.78. The Labute approximate surface area is 108 Å². The second kappa shape index (κ2) is 4.53. The molecule has 19 heavy (non-hydrogen) atoms. The number of nitrogens with zero attached hydrogens (tertiary/aromatic N) is 3. The van der Waals surface area contributed by atoms with Crippen LogP contribution in [0.25, 0.3) is 16.9 Å². The third kappa shape index (κ3) is 2.06. The van der Waals surface area contributed by atoms with Gasteiger partial charge in [0.05, 0.1) is 6.20 Å². The van der Waals surface area contributed by atoms with Crippen molar-refractivity contribution in [3.63, 3.8) is 0 Å². The molecule has 0 aliphatic rings. The lowest BCUT2D eigenvalue weighted by Gasteiger charge is -2.01. The van der Waals surface area contributed by atoms with Crippen LogP contribution < -0.4 is 0 Å². The quantitative estimate of drug-likeness (QED) is 0.766. The highest BCUT2D eigenvalue weighted by molar-refractivity contribution is 5.59. The Hall–Kier alpha value is -2.69. The number of aromatic nitrogens is 3. The van der Waals surface area contributed by atoms with Gasteiger partial charge in [-0.2, -0.15) is 0 Å². The third-order valence-electron chi connectivity index (χ3n) is 2.77. The molecule has 3 aromatic rings. The van der Waals surface area contributed by atoms with E-state index in [1.54, 1.807) is 48.7 Å². The molecule has 0 unspecified atom stereocenters. The lowest BCUT2D eigenvalue weighted by Crippen LogP contribution is -1.94. The largest absolute Gasteiger partial charge is 0.506 e. The fourth-order valence-electron chi connectivity index (χ4n) is 1.83. The first-order valence-corrected chi connectivity index (χ1v) is 5.71. The van der Waals surface area contributed by atoms with Crippen molar-refractivity contribution >= 4 is 0 Å². The third-order valence-corrected chi connectivity index (χ3v) is 2.77. The molecule has 3 rings (SSSR count). The highest BCUT2D eigenvalue weighted by Gasteiger charge is 2.10. The first kappa shape index (κ1) is 11.4. The van der Waals surface area contributed by atoms with E-state index in [1.165, 1.54) is 10.7 Å². The summed E-state index contributed by atoms with van der Waals surface area (Å²) in [7, 11) is 0. The van der Waals surface area contributed by atoms with Crippen LogP contribution >= 0.6 is 0 Å². The maximum atomic E-state index is 13.6. The Balaban J connectivity index is 2.06. The van der Waals surface area contributed by atoms with Crippen molar-refractivity contribution in [2.24, 2.45) is 0 Å². The molecule has 2 aromatic carbocycles. The van der Waals surface area contributed by atoms with E-state index in [0.29, 0.717) is 16.9 Å². The Kier molecular flexibility index (Phi) is 2.72. The van der Waals surface area contributed by atoms with E-state index in [9.17, 15) is 9.50 Å². The molecule has 0 atom stereocenters. The number of hydrogen-bond acceptors (Lipinski definition) is 3. The van der Waals surface area contributed by atoms with Gasteiger partial charge in [0.2, 0.25) is 0 Å². The van der Waals surface area contributed by atoms with E-state index >= 15 is 0 Å². The number of aromatic hydroxyl groups is 1. The topological polar surface area (TPSA) is 50.9 Å². The zero-order valence-electron chi connectivity index (χ0n) is 9.86. The maximum absolute atomic E-state index is 13.6. The normalized spacial score (nSPS) is 10.6. The van der Waals surface area contributed by atoms with Crippen LogP contribution in [0.3, 0.4) is 0 Å². The molecule has 0 saturated carbocycles. The van der Waals surface area contributed by atoms with Crippen LogP contribution in [-0.2, 0) is 0 Å². The Morgan fingerprint density at radius 1 is 1.00 bits per heavy atom. The number of benzene rings is 2. The van der Waals surface area contributed by atoms with Gasteiger partial charge in [-0.25, -0.2) is 9.07 Å². The molecule has 1 heterocycles. The van der Waals surface area contributed by atoms with Crippen molar-refractivity contribution in [3.8, 4) is 22.7 Å². The zero-order valence-corrected chi connectivity index (χ0v) is 9.86. The molecular weight excluding hydrogens is 245 g/mol. The second-order valence-corrected chi connectivity index (χ2v) is 4.02. The van der Waals surface area contributed by atoms with Gasteiger partial charge >= 0.3 is 0 Å². The summed E-state index contributed by atoms with van der Waals surface area (Å²) in [5.41, 5.74) is 1.29. The van der Waals surface area contributed by atoms with Gasteiger partial charge in [-0.3, -0.25) is 0 Å². The van der Waals surface area contributed by atoms with Crippen LogP contribution in [-0.4, -0.2) is 20.1 Å². The molecule has 0 saturated heterocycles. The highest BCUT2D eigenvalue weighted by Crippen LogP contribution is 2.23. The van der Waals surface area contributed by atoms with Gasteiger partial charge in [0.15, 0.2) is 0 Å². The molecule has 4 nitrogen and oxygen atoms in total. The molecule has 0 fully saturated rings. The van der Waals surface area contributed by atoms with Crippen molar-refractivity contribution in [1.29, 1.82) is 0 Å². The average molecular weight is 255 g/mol. The van der Waals surface area contributed by atoms with Gasteiger partial charge in [-0.1, -0.05) is 29.5 Å². The zero-order chi connectivity index (χ0) is 13.2. The van der Waals surface area contributed by atoms with Crippen LogP contribution in [0, 0.1) is 5.82 Å². The molecule has 1 N–H and O–H groups in total. The minimum absolute atomic E-state index is 0.0903. The highest BCUT2D eigenvalue weighted by atomic mass is 19.1. The summed E-state index contributed by atoms with van der Waals surface area (Å²) in [4.78, 5) is 0. The van der Waals surface area contributed by atoms with Crippen LogP contribution in [0.5, 0.6) is 5.75 Å². The van der Waals surface area contributed by atoms with Crippen LogP contribution in [0.1, 0.15) is 0 Å². The number of para-hydroxylation sites is 2. The van der Waals surface area contributed by atoms with E-state index in [2.05, 4.69) is 10.3 Å². The van der Waals surface area contributed by atoms with E-state index in [4.69, 9.17) is 0 Å². The maximum Gasteiger partial charge on any atom is 0.141 e. The summed E-state index contributed by atoms with van der Waals surface area (Å²) in [6.45, 7) is 0. The lowest BCUT2D eigenvalue weighted by molar-refractivity contribution is 0.470. The van der Waals surface area contributed by atoms with Gasteiger partial charge in [0.25, 0.3) is 0 Å². The smallest absolute Gasteiger partial charge is 0.141 e. The van der Waals surface area contributed by atoms with Crippen LogP contribution in [0.15, 0.2) is 54.7 Å². The number of rotatable bonds is 2. The summed E-state index contributed by atoms with van der Waals surface area (Å²) in [6, 6.07) is 13.1. The van der Waals surface area contributed by atoms with Crippen molar-refractivity contribution in [3.05, 3.63) is 60.5 Å². The molecular formula is C14H10FN3O. The van der Waals surface area contributed by atoms with Gasteiger partial charge in [-0.05, 0) is 24.3 Å². The van der Waals surface area contributed by atoms with Gasteiger partial charge in [0.1, 0.15) is 22.9 Å². The summed E-state index contributed by atoms with van der Waals surface area (Å²) in [5, 5.41) is 17.6. The molecule has 0 aliphatic heterocycles. The monoisotopic (exact) mass is 255 g/mol. The van der Waals surface area contributed by atoms with Gasteiger partial charge < -0.3 is 5.11 Å². The molecule has 5 heteroatoms. The molecule has 0 radical (unpaired) electrons. The standard InChI is InChI=1S/C14H10FN3O/c15-11-6-2-1-5-10(11)12-9-18(17-16-12)13-7-3-4-8-14(13)19/h1-9,19H. The second-order valence-electron chi connectivity index (χ2n) is 4.02. The minimum Gasteiger partial charge on any atom is -0.506 e. The minimum atomic E-state index is -0.355. The van der Waals surface area contributed by atoms with Crippen molar-refractivity contribution in [1.82, 2.24) is 15.0 Å². The van der Waals surface area contributed by atoms with E-state index in [-0.39, 0.29) is 11.6 Å². The summed E-state index contributed by atoms with van der Waals surface area (Å²) in [5.74, 6) is -0.265. The fraction of sp³-hybridized carbons (Fsp3) is 0. The molecule has 94 valence electrons. The Morgan fingerprint density at radius 3 is 2.53 bits per heavy atom. The molecule has 0 bridgehead atoms. The number of phenols is 1. The first-order valence-electron chi connectivity index (χ1n) is 5.71. The molecule has 0 spiro atoms. The number of phenolic OH excluding ortho intramolecular Hbond substituents is 1. The molecule has 0 aliphatic carbocycles. The summed E-state index contributed by atoms with van der Waals surface area (Å²) >= 11 is 0. The number of hydrogen-bond donors (Lipinski definition) is 1. The van der Waals surface area contributed by atoms with Crippen LogP contribution in [0.4, 0.5) is 4.39 Å². The average Bonchev–Trinajstić information content (AvgIpc) is 2.89. The fourth-order valence-corrected chi connectivity index (χ4v) is 1.83. The van der Waals surface area contributed by atoms with Crippen molar-refractivity contribution < 1.29 is 9.50 Å². The van der Waals surface area contributed by atoms with Crippen molar-refractivity contribution in [2.75, 3.05) is 0 Å². The van der Waals surface area contributed by atoms with E-state index in [1.807, 2.05) is 0 Å². The Bertz CT molecular complexity index is 664. The van der Waals surface area contributed by atoms with Gasteiger partial charge in [0, 0.05) is 5.56 Å². The van der Waals surface area contributed by atoms with E-state index < -0.39 is 0 Å². The first-order chi connectivity index (χ1) is 9.25. The van der Waals surface area contributed by atoms with E-state index in [0.717, 1.165) is 0 Å². The van der Waals surface area contributed by atoms with Crippen LogP contribution in [0.2, 0.25) is 0 Å². The van der Waals surface area contributed by atoms with Crippen molar-refractivity contribution in [2.45, 2.75) is 0 Å². The molecule has 0 amide bonds.